The maximum Gasteiger partial charge on any atom is 0.0554 e. The summed E-state index contributed by atoms with van der Waals surface area (Å²) in [5.74, 6) is 0. The quantitative estimate of drug-likeness (QED) is 0.168. The third-order valence-corrected chi connectivity index (χ3v) is 14.9. The topological polar surface area (TPSA) is 3.24 Å². The van der Waals surface area contributed by atoms with Gasteiger partial charge in [-0.15, -0.1) is 11.3 Å². The lowest BCUT2D eigenvalue weighted by atomic mass is 9.79. The van der Waals surface area contributed by atoms with Crippen LogP contribution in [-0.4, -0.2) is 0 Å². The van der Waals surface area contributed by atoms with Crippen LogP contribution in [0.5, 0.6) is 0 Å². The van der Waals surface area contributed by atoms with Crippen LogP contribution in [0.25, 0.3) is 75.5 Å². The first-order valence-electron chi connectivity index (χ1n) is 21.1. The molecule has 0 saturated heterocycles. The zero-order valence-corrected chi connectivity index (χ0v) is 35.1. The van der Waals surface area contributed by atoms with Crippen LogP contribution in [0.4, 0.5) is 17.1 Å². The second-order valence-electron chi connectivity index (χ2n) is 17.7. The molecule has 0 saturated carbocycles. The standard InChI is InChI=1S/C58H43NS/c1-57(2)49-19-9-7-15-44(49)46-33-28-39(35-51(46)57)36-23-29-40(30-24-36)59(52-21-12-22-53-54(52)48-34-27-37-13-5-6-14-43(37)56(48)60-53)41-31-25-38(26-32-41)42-17-11-18-47-45-16-8-10-20-50(45)58(3,4)55(42)47/h5-35H,1-4H3. The molecule has 0 bridgehead atoms. The van der Waals surface area contributed by atoms with E-state index in [4.69, 9.17) is 0 Å². The van der Waals surface area contributed by atoms with E-state index >= 15 is 0 Å². The van der Waals surface area contributed by atoms with Gasteiger partial charge in [0.15, 0.2) is 0 Å². The molecule has 2 heteroatoms. The number of fused-ring (bicyclic) bond motifs is 11. The van der Waals surface area contributed by atoms with Crippen LogP contribution in [0.15, 0.2) is 188 Å². The molecule has 286 valence electrons. The number of benzene rings is 9. The highest BCUT2D eigenvalue weighted by molar-refractivity contribution is 7.26. The minimum atomic E-state index is -0.0899. The maximum atomic E-state index is 2.47. The number of hydrogen-bond donors (Lipinski definition) is 0. The Kier molecular flexibility index (Phi) is 7.56. The van der Waals surface area contributed by atoms with E-state index in [1.54, 1.807) is 0 Å². The summed E-state index contributed by atoms with van der Waals surface area (Å²) in [7, 11) is 0. The predicted octanol–water partition coefficient (Wildman–Crippen LogP) is 16.6. The van der Waals surface area contributed by atoms with Crippen molar-refractivity contribution in [1.29, 1.82) is 0 Å². The van der Waals surface area contributed by atoms with Gasteiger partial charge in [0.2, 0.25) is 0 Å². The zero-order valence-electron chi connectivity index (χ0n) is 34.3. The Hall–Kier alpha value is -6.74. The minimum Gasteiger partial charge on any atom is -0.310 e. The van der Waals surface area contributed by atoms with Gasteiger partial charge in [-0.25, -0.2) is 0 Å². The van der Waals surface area contributed by atoms with Crippen molar-refractivity contribution < 1.29 is 0 Å². The molecular formula is C58H43NS. The molecule has 0 radical (unpaired) electrons. The van der Waals surface area contributed by atoms with Crippen molar-refractivity contribution in [3.8, 4) is 44.5 Å². The fourth-order valence-corrected chi connectivity index (χ4v) is 12.0. The summed E-state index contributed by atoms with van der Waals surface area (Å²) in [6, 6.07) is 70.4. The Morgan fingerprint density at radius 1 is 0.400 bits per heavy atom. The van der Waals surface area contributed by atoms with Gasteiger partial charge in [0.05, 0.1) is 5.69 Å². The van der Waals surface area contributed by atoms with Crippen molar-refractivity contribution in [3.05, 3.63) is 210 Å². The van der Waals surface area contributed by atoms with E-state index in [1.165, 1.54) is 103 Å². The Morgan fingerprint density at radius 2 is 0.983 bits per heavy atom. The van der Waals surface area contributed by atoms with Gasteiger partial charge in [-0.2, -0.15) is 0 Å². The highest BCUT2D eigenvalue weighted by Gasteiger charge is 2.38. The van der Waals surface area contributed by atoms with E-state index in [9.17, 15) is 0 Å². The van der Waals surface area contributed by atoms with Crippen molar-refractivity contribution >= 4 is 59.3 Å². The first-order chi connectivity index (χ1) is 29.3. The number of rotatable bonds is 5. The molecule has 0 fully saturated rings. The van der Waals surface area contributed by atoms with Gasteiger partial charge >= 0.3 is 0 Å². The van der Waals surface area contributed by atoms with Gasteiger partial charge in [0, 0.05) is 42.4 Å². The molecule has 1 aromatic heterocycles. The van der Waals surface area contributed by atoms with Crippen molar-refractivity contribution in [3.63, 3.8) is 0 Å². The summed E-state index contributed by atoms with van der Waals surface area (Å²) in [6.45, 7) is 9.46. The summed E-state index contributed by atoms with van der Waals surface area (Å²) >= 11 is 1.90. The molecule has 1 nitrogen and oxygen atoms in total. The highest BCUT2D eigenvalue weighted by Crippen LogP contribution is 2.53. The van der Waals surface area contributed by atoms with Crippen LogP contribution in [-0.2, 0) is 10.8 Å². The van der Waals surface area contributed by atoms with Crippen molar-refractivity contribution in [1.82, 2.24) is 0 Å². The molecule has 0 atom stereocenters. The van der Waals surface area contributed by atoms with Crippen LogP contribution in [0, 0.1) is 0 Å². The average Bonchev–Trinajstić information content (AvgIpc) is 3.87. The maximum absolute atomic E-state index is 2.47. The number of anilines is 3. The normalized spacial score (nSPS) is 14.3. The summed E-state index contributed by atoms with van der Waals surface area (Å²) in [5.41, 5.74) is 19.3. The molecule has 0 amide bonds. The van der Waals surface area contributed by atoms with E-state index in [2.05, 4.69) is 221 Å². The van der Waals surface area contributed by atoms with Crippen LogP contribution in [0.1, 0.15) is 49.9 Å². The second-order valence-corrected chi connectivity index (χ2v) is 18.7. The largest absolute Gasteiger partial charge is 0.310 e. The molecule has 0 aliphatic heterocycles. The molecule has 0 N–H and O–H groups in total. The molecular weight excluding hydrogens is 743 g/mol. The summed E-state index contributed by atoms with van der Waals surface area (Å²) in [5, 5.41) is 5.17. The lowest BCUT2D eigenvalue weighted by molar-refractivity contribution is 0.660. The number of hydrogen-bond acceptors (Lipinski definition) is 2. The second kappa shape index (κ2) is 12.9. The highest BCUT2D eigenvalue weighted by atomic mass is 32.1. The van der Waals surface area contributed by atoms with Crippen LogP contribution >= 0.6 is 11.3 Å². The Labute approximate surface area is 355 Å². The monoisotopic (exact) mass is 785 g/mol. The van der Waals surface area contributed by atoms with E-state index in [-0.39, 0.29) is 10.8 Å². The molecule has 2 aliphatic carbocycles. The molecule has 12 rings (SSSR count). The number of thiophene rings is 1. The number of nitrogens with zero attached hydrogens (tertiary/aromatic N) is 1. The minimum absolute atomic E-state index is 0.0439. The van der Waals surface area contributed by atoms with Gasteiger partial charge in [-0.05, 0) is 120 Å². The van der Waals surface area contributed by atoms with Gasteiger partial charge in [-0.1, -0.05) is 173 Å². The third-order valence-electron chi connectivity index (χ3n) is 13.7. The lowest BCUT2D eigenvalue weighted by Gasteiger charge is -2.28. The smallest absolute Gasteiger partial charge is 0.0554 e. The Morgan fingerprint density at radius 3 is 1.75 bits per heavy atom. The predicted molar refractivity (Wildman–Crippen MR) is 258 cm³/mol. The fourth-order valence-electron chi connectivity index (χ4n) is 10.7. The third kappa shape index (κ3) is 5.04. The Balaban J connectivity index is 0.997. The van der Waals surface area contributed by atoms with Gasteiger partial charge < -0.3 is 4.90 Å². The molecule has 2 aliphatic rings. The van der Waals surface area contributed by atoms with E-state index in [0.717, 1.165) is 11.4 Å². The zero-order chi connectivity index (χ0) is 40.3. The van der Waals surface area contributed by atoms with E-state index in [1.807, 2.05) is 11.3 Å². The first-order valence-corrected chi connectivity index (χ1v) is 21.9. The Bertz CT molecular complexity index is 3360. The first kappa shape index (κ1) is 35.2. The van der Waals surface area contributed by atoms with Crippen molar-refractivity contribution in [2.75, 3.05) is 4.90 Å². The molecule has 9 aromatic carbocycles. The summed E-state index contributed by atoms with van der Waals surface area (Å²) in [6.07, 6.45) is 0. The molecule has 0 unspecified atom stereocenters. The lowest BCUT2D eigenvalue weighted by Crippen LogP contribution is -2.16. The molecule has 1 heterocycles. The van der Waals surface area contributed by atoms with E-state index in [0.29, 0.717) is 0 Å². The SMILES string of the molecule is CC1(C)c2ccccc2-c2ccc(-c3ccc(N(c4ccc(-c5cccc6c5C(C)(C)c5ccccc5-6)cc4)c4cccc5sc6c7ccccc7ccc6c45)cc3)cc21. The summed E-state index contributed by atoms with van der Waals surface area (Å²) < 4.78 is 2.63. The average molecular weight is 786 g/mol. The fraction of sp³-hybridized carbons (Fsp3) is 0.103. The van der Waals surface area contributed by atoms with Crippen LogP contribution in [0.2, 0.25) is 0 Å². The summed E-state index contributed by atoms with van der Waals surface area (Å²) in [4.78, 5) is 2.47. The van der Waals surface area contributed by atoms with Crippen LogP contribution in [0.3, 0.4) is 0 Å². The van der Waals surface area contributed by atoms with E-state index < -0.39 is 0 Å². The molecule has 10 aromatic rings. The van der Waals surface area contributed by atoms with Crippen LogP contribution < -0.4 is 4.90 Å². The van der Waals surface area contributed by atoms with Gasteiger partial charge in [-0.3, -0.25) is 0 Å². The van der Waals surface area contributed by atoms with Gasteiger partial charge in [0.25, 0.3) is 0 Å². The molecule has 60 heavy (non-hydrogen) atoms. The van der Waals surface area contributed by atoms with Crippen molar-refractivity contribution in [2.24, 2.45) is 0 Å². The van der Waals surface area contributed by atoms with Gasteiger partial charge in [0.1, 0.15) is 0 Å². The molecule has 0 spiro atoms. The van der Waals surface area contributed by atoms with Crippen molar-refractivity contribution in [2.45, 2.75) is 38.5 Å².